The molecule has 1 aliphatic heterocycles. The number of benzene rings is 2. The Kier molecular flexibility index (Phi) is 6.60. The summed E-state index contributed by atoms with van der Waals surface area (Å²) in [6.45, 7) is 5.59. The second kappa shape index (κ2) is 9.25. The first-order valence-electron chi connectivity index (χ1n) is 11.3. The van der Waals surface area contributed by atoms with Gasteiger partial charge in [0.25, 0.3) is 5.56 Å². The third-order valence-corrected chi connectivity index (χ3v) is 9.19. The molecule has 3 aromatic rings. The van der Waals surface area contributed by atoms with Crippen LogP contribution in [-0.2, 0) is 11.2 Å². The predicted octanol–water partition coefficient (Wildman–Crippen LogP) is 4.65. The van der Waals surface area contributed by atoms with E-state index in [2.05, 4.69) is 12.0 Å². The molecule has 1 saturated heterocycles. The number of aliphatic hydroxyl groups is 1. The summed E-state index contributed by atoms with van der Waals surface area (Å²) in [5.74, 6) is 0.137. The second-order valence-electron chi connectivity index (χ2n) is 9.33. The Morgan fingerprint density at radius 3 is 2.50 bits per heavy atom. The van der Waals surface area contributed by atoms with Gasteiger partial charge in [-0.1, -0.05) is 37.3 Å². The molecule has 0 saturated carbocycles. The minimum Gasteiger partial charge on any atom is -0.396 e. The summed E-state index contributed by atoms with van der Waals surface area (Å²) < 4.78 is 22.6. The van der Waals surface area contributed by atoms with Gasteiger partial charge < -0.3 is 14.0 Å². The van der Waals surface area contributed by atoms with Crippen LogP contribution in [-0.4, -0.2) is 42.1 Å². The second-order valence-corrected chi connectivity index (χ2v) is 13.1. The van der Waals surface area contributed by atoms with Crippen LogP contribution < -0.4 is 5.56 Å². The third-order valence-electron chi connectivity index (χ3n) is 6.70. The van der Waals surface area contributed by atoms with E-state index in [1.54, 1.807) is 19.3 Å². The molecule has 0 amide bonds. The highest BCUT2D eigenvalue weighted by atomic mass is 28.4. The highest BCUT2D eigenvalue weighted by molar-refractivity contribution is 6.72. The summed E-state index contributed by atoms with van der Waals surface area (Å²) in [7, 11) is -2.88. The number of aliphatic hydroxyl groups excluding tert-OH is 1. The van der Waals surface area contributed by atoms with Crippen molar-refractivity contribution >= 4 is 19.2 Å². The molecule has 0 unspecified atom stereocenters. The van der Waals surface area contributed by atoms with Gasteiger partial charge in [0.2, 0.25) is 8.41 Å². The van der Waals surface area contributed by atoms with Crippen molar-refractivity contribution in [2.75, 3.05) is 6.61 Å². The zero-order valence-corrected chi connectivity index (χ0v) is 19.9. The highest BCUT2D eigenvalue weighted by Crippen LogP contribution is 2.46. The zero-order chi connectivity index (χ0) is 22.9. The predicted molar refractivity (Wildman–Crippen MR) is 128 cm³/mol. The molecule has 4 rings (SSSR count). The molecule has 0 spiro atoms. The molecular formula is C25H31FN2O3Si. The van der Waals surface area contributed by atoms with Crippen molar-refractivity contribution in [1.82, 2.24) is 9.78 Å². The molecule has 0 bridgehead atoms. The number of halogens is 1. The molecule has 1 N–H and O–H groups in total. The van der Waals surface area contributed by atoms with Crippen LogP contribution in [0.4, 0.5) is 4.11 Å². The summed E-state index contributed by atoms with van der Waals surface area (Å²) in [6, 6.07) is 15.3. The molecule has 2 heterocycles. The van der Waals surface area contributed by atoms with Gasteiger partial charge >= 0.3 is 0 Å². The normalized spacial score (nSPS) is 23.7. The Bertz CT molecular complexity index is 1130. The van der Waals surface area contributed by atoms with E-state index in [-0.39, 0.29) is 35.8 Å². The standard InChI is InChI=1S/C25H31FN2O3Si/c1-17-22(31-23(14-15-29)24(17)32(2,3)26)13-10-18-8-11-20(12-9-18)28-25(30)21-7-5-4-6-19(21)16-27-28/h4-9,11-12,16-17,22-24,29H,10,13-15H2,1-3H3/t17-,22+,23-,24+/m0/s1. The Labute approximate surface area is 189 Å². The molecule has 0 aliphatic carbocycles. The fraction of sp³-hybridized carbons (Fsp3) is 0.440. The average Bonchev–Trinajstić information content (AvgIpc) is 3.09. The van der Waals surface area contributed by atoms with Crippen molar-refractivity contribution in [3.63, 3.8) is 0 Å². The smallest absolute Gasteiger partial charge is 0.279 e. The summed E-state index contributed by atoms with van der Waals surface area (Å²) in [4.78, 5) is 12.8. The van der Waals surface area contributed by atoms with Gasteiger partial charge in [0.1, 0.15) is 0 Å². The molecule has 4 atom stereocenters. The van der Waals surface area contributed by atoms with Gasteiger partial charge in [0, 0.05) is 17.5 Å². The SMILES string of the molecule is C[C@@H]1[C@@H]([Si](C)(C)F)[C@H](CCO)O[C@@H]1CCc1ccc(-n2ncc3ccccc3c2=O)cc1. The summed E-state index contributed by atoms with van der Waals surface area (Å²) in [5, 5.41) is 15.2. The van der Waals surface area contributed by atoms with Gasteiger partial charge in [0.05, 0.1) is 29.5 Å². The Morgan fingerprint density at radius 1 is 1.09 bits per heavy atom. The Morgan fingerprint density at radius 2 is 1.81 bits per heavy atom. The molecular weight excluding hydrogens is 423 g/mol. The summed E-state index contributed by atoms with van der Waals surface area (Å²) >= 11 is 0. The third kappa shape index (κ3) is 4.56. The zero-order valence-electron chi connectivity index (χ0n) is 18.9. The van der Waals surface area contributed by atoms with Crippen molar-refractivity contribution in [1.29, 1.82) is 0 Å². The van der Waals surface area contributed by atoms with Crippen LogP contribution in [0.1, 0.15) is 25.3 Å². The first kappa shape index (κ1) is 22.8. The number of fused-ring (bicyclic) bond motifs is 1. The van der Waals surface area contributed by atoms with E-state index < -0.39 is 8.41 Å². The van der Waals surface area contributed by atoms with Crippen LogP contribution in [0.25, 0.3) is 16.5 Å². The number of rotatable bonds is 7. The van der Waals surface area contributed by atoms with Gasteiger partial charge in [-0.25, -0.2) is 0 Å². The van der Waals surface area contributed by atoms with Crippen molar-refractivity contribution in [3.05, 3.63) is 70.6 Å². The van der Waals surface area contributed by atoms with Gasteiger partial charge in [0.15, 0.2) is 0 Å². The first-order valence-corrected chi connectivity index (χ1v) is 14.3. The number of aryl methyl sites for hydroxylation is 1. The van der Waals surface area contributed by atoms with E-state index in [1.165, 1.54) is 4.68 Å². The van der Waals surface area contributed by atoms with Crippen molar-refractivity contribution < 1.29 is 14.0 Å². The van der Waals surface area contributed by atoms with Crippen LogP contribution >= 0.6 is 0 Å². The first-order chi connectivity index (χ1) is 15.3. The van der Waals surface area contributed by atoms with Crippen LogP contribution in [0.3, 0.4) is 0 Å². The molecule has 0 radical (unpaired) electrons. The number of hydrogen-bond acceptors (Lipinski definition) is 4. The van der Waals surface area contributed by atoms with Gasteiger partial charge in [-0.3, -0.25) is 4.79 Å². The minimum atomic E-state index is -2.88. The number of ether oxygens (including phenoxy) is 1. The maximum absolute atomic E-state index is 14.9. The lowest BCUT2D eigenvalue weighted by atomic mass is 9.95. The molecule has 170 valence electrons. The number of nitrogens with zero attached hydrogens (tertiary/aromatic N) is 2. The van der Waals surface area contributed by atoms with Crippen molar-refractivity contribution in [2.45, 2.75) is 57.0 Å². The topological polar surface area (TPSA) is 64.3 Å². The Balaban J connectivity index is 1.46. The number of hydrogen-bond donors (Lipinski definition) is 1. The molecule has 2 aromatic carbocycles. The maximum Gasteiger partial charge on any atom is 0.279 e. The molecule has 5 nitrogen and oxygen atoms in total. The molecule has 1 aliphatic rings. The van der Waals surface area contributed by atoms with E-state index in [0.717, 1.165) is 29.5 Å². The minimum absolute atomic E-state index is 0.0106. The van der Waals surface area contributed by atoms with E-state index in [9.17, 15) is 14.0 Å². The lowest BCUT2D eigenvalue weighted by Gasteiger charge is -2.28. The monoisotopic (exact) mass is 454 g/mol. The quantitative estimate of drug-likeness (QED) is 0.417. The molecule has 1 fully saturated rings. The van der Waals surface area contributed by atoms with Crippen molar-refractivity contribution in [3.8, 4) is 5.69 Å². The fourth-order valence-corrected chi connectivity index (χ4v) is 7.76. The highest BCUT2D eigenvalue weighted by Gasteiger charge is 2.50. The van der Waals surface area contributed by atoms with E-state index in [1.807, 2.05) is 48.5 Å². The summed E-state index contributed by atoms with van der Waals surface area (Å²) in [6.07, 6.45) is 3.61. The molecule has 1 aromatic heterocycles. The molecule has 32 heavy (non-hydrogen) atoms. The number of aromatic nitrogens is 2. The van der Waals surface area contributed by atoms with Crippen LogP contribution in [0.2, 0.25) is 18.6 Å². The molecule has 7 heteroatoms. The Hall–Kier alpha value is -2.35. The van der Waals surface area contributed by atoms with E-state index in [0.29, 0.717) is 11.8 Å². The van der Waals surface area contributed by atoms with Gasteiger partial charge in [-0.15, -0.1) is 0 Å². The largest absolute Gasteiger partial charge is 0.396 e. The van der Waals surface area contributed by atoms with Crippen molar-refractivity contribution in [2.24, 2.45) is 5.92 Å². The van der Waals surface area contributed by atoms with E-state index in [4.69, 9.17) is 4.74 Å². The van der Waals surface area contributed by atoms with Gasteiger partial charge in [-0.05, 0) is 62.0 Å². The average molecular weight is 455 g/mol. The van der Waals surface area contributed by atoms with Crippen LogP contribution in [0, 0.1) is 5.92 Å². The van der Waals surface area contributed by atoms with Gasteiger partial charge in [-0.2, -0.15) is 9.78 Å². The van der Waals surface area contributed by atoms with Crippen LogP contribution in [0.15, 0.2) is 59.5 Å². The lowest BCUT2D eigenvalue weighted by Crippen LogP contribution is -2.36. The van der Waals surface area contributed by atoms with E-state index >= 15 is 0 Å². The fourth-order valence-electron chi connectivity index (χ4n) is 5.16. The maximum atomic E-state index is 14.9. The van der Waals surface area contributed by atoms with Crippen LogP contribution in [0.5, 0.6) is 0 Å². The summed E-state index contributed by atoms with van der Waals surface area (Å²) in [5.41, 5.74) is 1.64. The lowest BCUT2D eigenvalue weighted by molar-refractivity contribution is 0.0193.